The van der Waals surface area contributed by atoms with E-state index in [0.717, 1.165) is 24.5 Å². The van der Waals surface area contributed by atoms with Gasteiger partial charge in [0.15, 0.2) is 0 Å². The zero-order valence-corrected chi connectivity index (χ0v) is 13.9. The summed E-state index contributed by atoms with van der Waals surface area (Å²) in [7, 11) is 1.71. The van der Waals surface area contributed by atoms with Crippen molar-refractivity contribution in [3.8, 4) is 0 Å². The largest absolute Gasteiger partial charge is 0.371 e. The molecule has 0 bridgehead atoms. The summed E-state index contributed by atoms with van der Waals surface area (Å²) in [6, 6.07) is 7.73. The fourth-order valence-electron chi connectivity index (χ4n) is 2.78. The molecule has 1 aliphatic rings. The lowest BCUT2D eigenvalue weighted by Crippen LogP contribution is -2.39. The molecule has 1 atom stereocenters. The third kappa shape index (κ3) is 5.56. The van der Waals surface area contributed by atoms with E-state index in [4.69, 9.17) is 0 Å². The quantitative estimate of drug-likeness (QED) is 0.709. The van der Waals surface area contributed by atoms with Crippen LogP contribution in [0, 0.1) is 0 Å². The Morgan fingerprint density at radius 3 is 2.65 bits per heavy atom. The minimum absolute atomic E-state index is 0.0965. The number of carbonyl (C=O) groups excluding carboxylic acids is 2. The Hall–Kier alpha value is -2.08. The maximum Gasteiger partial charge on any atom is 0.234 e. The van der Waals surface area contributed by atoms with Gasteiger partial charge in [0.1, 0.15) is 0 Å². The van der Waals surface area contributed by atoms with Crippen molar-refractivity contribution < 1.29 is 9.59 Å². The molecule has 1 fully saturated rings. The first-order chi connectivity index (χ1) is 11.1. The molecule has 3 N–H and O–H groups in total. The van der Waals surface area contributed by atoms with Gasteiger partial charge in [-0.15, -0.1) is 0 Å². The molecule has 1 aliphatic heterocycles. The smallest absolute Gasteiger partial charge is 0.234 e. The number of carbonyl (C=O) groups is 2. The van der Waals surface area contributed by atoms with Gasteiger partial charge in [-0.2, -0.15) is 0 Å². The molecule has 0 saturated carbocycles. The molecule has 1 heterocycles. The number of rotatable bonds is 7. The molecule has 6 heteroatoms. The van der Waals surface area contributed by atoms with E-state index < -0.39 is 0 Å². The van der Waals surface area contributed by atoms with Gasteiger partial charge in [-0.05, 0) is 45.0 Å². The van der Waals surface area contributed by atoms with Crippen molar-refractivity contribution >= 4 is 23.2 Å². The van der Waals surface area contributed by atoms with E-state index in [2.05, 4.69) is 26.9 Å². The van der Waals surface area contributed by atoms with Crippen LogP contribution in [0.4, 0.5) is 11.4 Å². The Morgan fingerprint density at radius 1 is 1.22 bits per heavy atom. The van der Waals surface area contributed by atoms with Crippen LogP contribution in [0.5, 0.6) is 0 Å². The van der Waals surface area contributed by atoms with E-state index in [1.54, 1.807) is 7.05 Å². The molecular weight excluding hydrogens is 292 g/mol. The molecule has 2 amide bonds. The molecule has 6 nitrogen and oxygen atoms in total. The highest BCUT2D eigenvalue weighted by atomic mass is 16.2. The van der Waals surface area contributed by atoms with Crippen molar-refractivity contribution in [2.75, 3.05) is 36.9 Å². The van der Waals surface area contributed by atoms with E-state index in [1.807, 2.05) is 25.1 Å². The number of hydrogen-bond donors (Lipinski definition) is 3. The first kappa shape index (κ1) is 17.3. The Bertz CT molecular complexity index is 541. The molecule has 2 rings (SSSR count). The second-order valence-corrected chi connectivity index (χ2v) is 6.00. The third-order valence-corrected chi connectivity index (χ3v) is 3.84. The van der Waals surface area contributed by atoms with Crippen molar-refractivity contribution in [3.05, 3.63) is 24.3 Å². The van der Waals surface area contributed by atoms with Crippen LogP contribution in [0.3, 0.4) is 0 Å². The van der Waals surface area contributed by atoms with Gasteiger partial charge in [0, 0.05) is 36.9 Å². The number of nitrogens with one attached hydrogen (secondary N) is 3. The maximum absolute atomic E-state index is 12.1. The molecule has 0 aliphatic carbocycles. The lowest BCUT2D eigenvalue weighted by molar-refractivity contribution is -0.121. The minimum atomic E-state index is -0.197. The second-order valence-electron chi connectivity index (χ2n) is 6.00. The van der Waals surface area contributed by atoms with E-state index in [9.17, 15) is 9.59 Å². The highest BCUT2D eigenvalue weighted by molar-refractivity contribution is 5.92. The van der Waals surface area contributed by atoms with Crippen LogP contribution in [-0.4, -0.2) is 44.5 Å². The van der Waals surface area contributed by atoms with Gasteiger partial charge in [0.25, 0.3) is 0 Å². The average Bonchev–Trinajstić information content (AvgIpc) is 3.01. The number of likely N-dealkylation sites (N-methyl/N-ethyl adjacent to an activating group) is 1. The summed E-state index contributed by atoms with van der Waals surface area (Å²) in [4.78, 5) is 25.9. The minimum Gasteiger partial charge on any atom is -0.371 e. The third-order valence-electron chi connectivity index (χ3n) is 3.84. The molecule has 1 aromatic carbocycles. The number of hydrogen-bond acceptors (Lipinski definition) is 4. The summed E-state index contributed by atoms with van der Waals surface area (Å²) in [6.45, 7) is 4.23. The van der Waals surface area contributed by atoms with E-state index in [-0.39, 0.29) is 30.8 Å². The SMILES string of the molecule is CNCC(=O)NC(C)CC(=O)Nc1cccc(N2CCCC2)c1. The van der Waals surface area contributed by atoms with Gasteiger partial charge in [0.2, 0.25) is 11.8 Å². The molecule has 0 aromatic heterocycles. The first-order valence-electron chi connectivity index (χ1n) is 8.17. The predicted molar refractivity (Wildman–Crippen MR) is 92.7 cm³/mol. The van der Waals surface area contributed by atoms with Crippen LogP contribution in [0.1, 0.15) is 26.2 Å². The van der Waals surface area contributed by atoms with Crippen LogP contribution in [0.15, 0.2) is 24.3 Å². The van der Waals surface area contributed by atoms with Crippen molar-refractivity contribution in [1.82, 2.24) is 10.6 Å². The number of anilines is 2. The fourth-order valence-corrected chi connectivity index (χ4v) is 2.78. The topological polar surface area (TPSA) is 73.5 Å². The molecular formula is C17H26N4O2. The standard InChI is InChI=1S/C17H26N4O2/c1-13(19-17(23)12-18-2)10-16(22)20-14-6-5-7-15(11-14)21-8-3-4-9-21/h5-7,11,13,18H,3-4,8-10,12H2,1-2H3,(H,19,23)(H,20,22). The summed E-state index contributed by atoms with van der Waals surface area (Å²) < 4.78 is 0. The normalized spacial score (nSPS) is 15.3. The van der Waals surface area contributed by atoms with Crippen LogP contribution in [-0.2, 0) is 9.59 Å². The first-order valence-corrected chi connectivity index (χ1v) is 8.17. The molecule has 0 spiro atoms. The van der Waals surface area contributed by atoms with Gasteiger partial charge in [0.05, 0.1) is 6.54 Å². The number of benzene rings is 1. The highest BCUT2D eigenvalue weighted by Gasteiger charge is 2.14. The van der Waals surface area contributed by atoms with Crippen LogP contribution < -0.4 is 20.9 Å². The predicted octanol–water partition coefficient (Wildman–Crippen LogP) is 1.34. The summed E-state index contributed by atoms with van der Waals surface area (Å²) in [6.07, 6.45) is 2.70. The molecule has 1 saturated heterocycles. The summed E-state index contributed by atoms with van der Waals surface area (Å²) in [5, 5.41) is 8.47. The highest BCUT2D eigenvalue weighted by Crippen LogP contribution is 2.23. The zero-order valence-electron chi connectivity index (χ0n) is 13.9. The van der Waals surface area contributed by atoms with E-state index in [1.165, 1.54) is 12.8 Å². The molecule has 0 radical (unpaired) electrons. The summed E-state index contributed by atoms with van der Waals surface area (Å²) in [5.41, 5.74) is 1.95. The van der Waals surface area contributed by atoms with Gasteiger partial charge in [-0.3, -0.25) is 9.59 Å². The van der Waals surface area contributed by atoms with Gasteiger partial charge in [-0.1, -0.05) is 6.07 Å². The summed E-state index contributed by atoms with van der Waals surface area (Å²) >= 11 is 0. The van der Waals surface area contributed by atoms with Crippen molar-refractivity contribution in [3.63, 3.8) is 0 Å². The molecule has 1 unspecified atom stereocenters. The Labute approximate surface area is 137 Å². The summed E-state index contributed by atoms with van der Waals surface area (Å²) in [5.74, 6) is -0.204. The fraction of sp³-hybridized carbons (Fsp3) is 0.529. The Balaban J connectivity index is 1.85. The number of nitrogens with zero attached hydrogens (tertiary/aromatic N) is 1. The lowest BCUT2D eigenvalue weighted by Gasteiger charge is -2.19. The molecule has 126 valence electrons. The number of amides is 2. The Morgan fingerprint density at radius 2 is 1.96 bits per heavy atom. The van der Waals surface area contributed by atoms with Gasteiger partial charge < -0.3 is 20.9 Å². The van der Waals surface area contributed by atoms with E-state index >= 15 is 0 Å². The van der Waals surface area contributed by atoms with Crippen molar-refractivity contribution in [1.29, 1.82) is 0 Å². The van der Waals surface area contributed by atoms with Gasteiger partial charge in [-0.25, -0.2) is 0 Å². The van der Waals surface area contributed by atoms with Crippen molar-refractivity contribution in [2.45, 2.75) is 32.2 Å². The van der Waals surface area contributed by atoms with Crippen LogP contribution in [0.2, 0.25) is 0 Å². The average molecular weight is 318 g/mol. The zero-order chi connectivity index (χ0) is 16.7. The van der Waals surface area contributed by atoms with Crippen LogP contribution >= 0.6 is 0 Å². The van der Waals surface area contributed by atoms with Gasteiger partial charge >= 0.3 is 0 Å². The van der Waals surface area contributed by atoms with Crippen LogP contribution in [0.25, 0.3) is 0 Å². The Kier molecular flexibility index (Phi) is 6.40. The maximum atomic E-state index is 12.1. The molecule has 1 aromatic rings. The lowest BCUT2D eigenvalue weighted by atomic mass is 10.2. The monoisotopic (exact) mass is 318 g/mol. The molecule has 23 heavy (non-hydrogen) atoms. The van der Waals surface area contributed by atoms with E-state index in [0.29, 0.717) is 0 Å². The second kappa shape index (κ2) is 8.53. The van der Waals surface area contributed by atoms with Crippen molar-refractivity contribution in [2.24, 2.45) is 0 Å².